The van der Waals surface area contributed by atoms with Gasteiger partial charge in [-0.1, -0.05) is 12.1 Å². The summed E-state index contributed by atoms with van der Waals surface area (Å²) in [6.07, 6.45) is 0.985. The van der Waals surface area contributed by atoms with Crippen LogP contribution in [0.15, 0.2) is 29.2 Å². The Morgan fingerprint density at radius 2 is 2.28 bits per heavy atom. The first-order chi connectivity index (χ1) is 8.47. The molecule has 5 nitrogen and oxygen atoms in total. The number of sulfonamides is 1. The van der Waals surface area contributed by atoms with Crippen molar-refractivity contribution in [3.8, 4) is 0 Å². The molecule has 0 aromatic heterocycles. The van der Waals surface area contributed by atoms with Gasteiger partial charge in [-0.3, -0.25) is 0 Å². The maximum absolute atomic E-state index is 11.3. The van der Waals surface area contributed by atoms with Crippen LogP contribution in [0.25, 0.3) is 0 Å². The lowest BCUT2D eigenvalue weighted by atomic mass is 10.1. The average Bonchev–Trinajstić information content (AvgIpc) is 2.81. The summed E-state index contributed by atoms with van der Waals surface area (Å²) >= 11 is 0. The van der Waals surface area contributed by atoms with Crippen LogP contribution in [-0.2, 0) is 14.8 Å². The summed E-state index contributed by atoms with van der Waals surface area (Å²) < 4.78 is 27.9. The highest BCUT2D eigenvalue weighted by molar-refractivity contribution is 7.89. The van der Waals surface area contributed by atoms with Crippen molar-refractivity contribution in [3.05, 3.63) is 29.8 Å². The molecule has 0 amide bonds. The highest BCUT2D eigenvalue weighted by Gasteiger charge is 2.19. The van der Waals surface area contributed by atoms with Gasteiger partial charge in [0.25, 0.3) is 0 Å². The first-order valence-corrected chi connectivity index (χ1v) is 7.48. The molecule has 0 saturated carbocycles. The summed E-state index contributed by atoms with van der Waals surface area (Å²) in [5.74, 6) is 0. The third-order valence-corrected chi connectivity index (χ3v) is 4.01. The van der Waals surface area contributed by atoms with Crippen molar-refractivity contribution < 1.29 is 13.2 Å². The molecule has 1 aliphatic heterocycles. The Kier molecular flexibility index (Phi) is 4.01. The third-order valence-electron chi connectivity index (χ3n) is 3.10. The Balaban J connectivity index is 2.12. The van der Waals surface area contributed by atoms with Crippen molar-refractivity contribution >= 4 is 10.0 Å². The summed E-state index contributed by atoms with van der Waals surface area (Å²) in [5, 5.41) is 8.53. The number of benzene rings is 1. The minimum absolute atomic E-state index is 0.0680. The molecule has 1 heterocycles. The van der Waals surface area contributed by atoms with Crippen molar-refractivity contribution in [1.82, 2.24) is 5.32 Å². The zero-order valence-electron chi connectivity index (χ0n) is 10.3. The van der Waals surface area contributed by atoms with Gasteiger partial charge in [0, 0.05) is 18.7 Å². The van der Waals surface area contributed by atoms with E-state index in [1.807, 2.05) is 13.0 Å². The van der Waals surface area contributed by atoms with Crippen LogP contribution in [0.3, 0.4) is 0 Å². The maximum Gasteiger partial charge on any atom is 0.238 e. The number of nitrogens with two attached hydrogens (primary N) is 1. The van der Waals surface area contributed by atoms with Gasteiger partial charge in [-0.25, -0.2) is 13.6 Å². The highest BCUT2D eigenvalue weighted by Crippen LogP contribution is 2.18. The topological polar surface area (TPSA) is 81.4 Å². The predicted octanol–water partition coefficient (Wildman–Crippen LogP) is 0.773. The van der Waals surface area contributed by atoms with Crippen LogP contribution < -0.4 is 10.5 Å². The Bertz CT molecular complexity index is 510. The van der Waals surface area contributed by atoms with Crippen molar-refractivity contribution in [3.63, 3.8) is 0 Å². The Hall–Kier alpha value is -0.950. The van der Waals surface area contributed by atoms with Crippen LogP contribution >= 0.6 is 0 Å². The molecule has 3 N–H and O–H groups in total. The molecular formula is C12H18N2O3S. The van der Waals surface area contributed by atoms with Gasteiger partial charge in [0.05, 0.1) is 11.5 Å². The van der Waals surface area contributed by atoms with Crippen LogP contribution in [0.2, 0.25) is 0 Å². The smallest absolute Gasteiger partial charge is 0.238 e. The van der Waals surface area contributed by atoms with E-state index < -0.39 is 10.0 Å². The molecule has 0 aliphatic carbocycles. The quantitative estimate of drug-likeness (QED) is 0.847. The van der Waals surface area contributed by atoms with E-state index in [9.17, 15) is 8.42 Å². The van der Waals surface area contributed by atoms with Crippen LogP contribution in [0, 0.1) is 0 Å². The number of nitrogens with one attached hydrogen (secondary N) is 1. The van der Waals surface area contributed by atoms with Crippen LogP contribution in [0.1, 0.15) is 24.9 Å². The van der Waals surface area contributed by atoms with E-state index >= 15 is 0 Å². The zero-order valence-corrected chi connectivity index (χ0v) is 11.1. The molecule has 2 atom stereocenters. The number of primary sulfonamides is 1. The summed E-state index contributed by atoms with van der Waals surface area (Å²) in [6, 6.07) is 7.12. The highest BCUT2D eigenvalue weighted by atomic mass is 32.2. The van der Waals surface area contributed by atoms with Crippen molar-refractivity contribution in [1.29, 1.82) is 0 Å². The van der Waals surface area contributed by atoms with Gasteiger partial charge in [0.15, 0.2) is 0 Å². The summed E-state index contributed by atoms with van der Waals surface area (Å²) in [5.41, 5.74) is 0.911. The van der Waals surface area contributed by atoms with Gasteiger partial charge < -0.3 is 10.1 Å². The van der Waals surface area contributed by atoms with E-state index in [0.29, 0.717) is 12.6 Å². The normalized spacial score (nSPS) is 22.0. The van der Waals surface area contributed by atoms with E-state index in [2.05, 4.69) is 5.32 Å². The Morgan fingerprint density at radius 3 is 2.89 bits per heavy atom. The number of hydrogen-bond acceptors (Lipinski definition) is 4. The minimum Gasteiger partial charge on any atom is -0.380 e. The van der Waals surface area contributed by atoms with Crippen LogP contribution in [-0.4, -0.2) is 27.7 Å². The second kappa shape index (κ2) is 5.36. The van der Waals surface area contributed by atoms with Crippen molar-refractivity contribution in [2.24, 2.45) is 5.14 Å². The van der Waals surface area contributed by atoms with E-state index in [0.717, 1.165) is 18.6 Å². The zero-order chi connectivity index (χ0) is 13.2. The van der Waals surface area contributed by atoms with E-state index in [4.69, 9.17) is 9.88 Å². The second-order valence-electron chi connectivity index (χ2n) is 4.57. The number of ether oxygens (including phenoxy) is 1. The first-order valence-electron chi connectivity index (χ1n) is 5.93. The fourth-order valence-electron chi connectivity index (χ4n) is 2.08. The molecule has 100 valence electrons. The molecule has 0 bridgehead atoms. The van der Waals surface area contributed by atoms with Gasteiger partial charge in [-0.2, -0.15) is 0 Å². The third kappa shape index (κ3) is 3.29. The fourth-order valence-corrected chi connectivity index (χ4v) is 2.65. The molecule has 1 fully saturated rings. The van der Waals surface area contributed by atoms with Gasteiger partial charge in [0.1, 0.15) is 0 Å². The summed E-state index contributed by atoms with van der Waals surface area (Å²) in [6.45, 7) is 3.49. The van der Waals surface area contributed by atoms with Crippen LogP contribution in [0.4, 0.5) is 0 Å². The average molecular weight is 270 g/mol. The monoisotopic (exact) mass is 270 g/mol. The largest absolute Gasteiger partial charge is 0.380 e. The predicted molar refractivity (Wildman–Crippen MR) is 68.6 cm³/mol. The lowest BCUT2D eigenvalue weighted by Gasteiger charge is -2.19. The molecule has 0 spiro atoms. The van der Waals surface area contributed by atoms with E-state index in [-0.39, 0.29) is 10.9 Å². The minimum atomic E-state index is -3.64. The van der Waals surface area contributed by atoms with Gasteiger partial charge in [-0.15, -0.1) is 0 Å². The van der Waals surface area contributed by atoms with Crippen molar-refractivity contribution in [2.45, 2.75) is 30.3 Å². The van der Waals surface area contributed by atoms with Crippen LogP contribution in [0.5, 0.6) is 0 Å². The molecule has 2 unspecified atom stereocenters. The SMILES string of the molecule is CC(NC1CCOC1)c1cccc(S(N)(=O)=O)c1. The molecule has 1 saturated heterocycles. The molecule has 6 heteroatoms. The van der Waals surface area contributed by atoms with Gasteiger partial charge in [0.2, 0.25) is 10.0 Å². The Labute approximate surface area is 107 Å². The standard InChI is InChI=1S/C12H18N2O3S/c1-9(14-11-5-6-17-8-11)10-3-2-4-12(7-10)18(13,15)16/h2-4,7,9,11,14H,5-6,8H2,1H3,(H2,13,15,16). The molecular weight excluding hydrogens is 252 g/mol. The van der Waals surface area contributed by atoms with Gasteiger partial charge in [-0.05, 0) is 31.0 Å². The number of hydrogen-bond donors (Lipinski definition) is 2. The fraction of sp³-hybridized carbons (Fsp3) is 0.500. The Morgan fingerprint density at radius 1 is 1.50 bits per heavy atom. The van der Waals surface area contributed by atoms with Gasteiger partial charge >= 0.3 is 0 Å². The second-order valence-corrected chi connectivity index (χ2v) is 6.13. The van der Waals surface area contributed by atoms with E-state index in [1.54, 1.807) is 12.1 Å². The van der Waals surface area contributed by atoms with Crippen molar-refractivity contribution in [2.75, 3.05) is 13.2 Å². The molecule has 1 aliphatic rings. The molecule has 18 heavy (non-hydrogen) atoms. The molecule has 1 aromatic rings. The van der Waals surface area contributed by atoms with E-state index in [1.165, 1.54) is 6.07 Å². The summed E-state index contributed by atoms with van der Waals surface area (Å²) in [7, 11) is -3.64. The summed E-state index contributed by atoms with van der Waals surface area (Å²) in [4.78, 5) is 0.149. The first kappa shape index (κ1) is 13.5. The molecule has 2 rings (SSSR count). The lowest BCUT2D eigenvalue weighted by Crippen LogP contribution is -2.31. The molecule has 1 aromatic carbocycles. The maximum atomic E-state index is 11.3. The lowest BCUT2D eigenvalue weighted by molar-refractivity contribution is 0.188. The number of rotatable bonds is 4. The molecule has 0 radical (unpaired) electrons.